The van der Waals surface area contributed by atoms with Crippen molar-refractivity contribution in [3.8, 4) is 34.0 Å². The number of piperazine rings is 1. The first-order valence-corrected chi connectivity index (χ1v) is 10.5. The molecule has 3 heterocycles. The molecule has 8 heteroatoms. The van der Waals surface area contributed by atoms with Crippen molar-refractivity contribution in [1.29, 1.82) is 0 Å². The van der Waals surface area contributed by atoms with Crippen LogP contribution < -0.4 is 15.0 Å². The second-order valence-electron chi connectivity index (χ2n) is 8.29. The molecule has 0 radical (unpaired) electrons. The second-order valence-corrected chi connectivity index (χ2v) is 8.29. The molecule has 2 atom stereocenters. The molecular formula is C23H28N6O2. The fourth-order valence-electron chi connectivity index (χ4n) is 3.85. The number of phenols is 1. The molecule has 1 aromatic carbocycles. The van der Waals surface area contributed by atoms with Crippen molar-refractivity contribution in [3.63, 3.8) is 0 Å². The SMILES string of the molecule is COc1cc(-c2ccc(-c3cnc(N4C[C@@H](C)N[C@@H](C(C)C)C4)nn3)c(O)c2)ccn1. The molecule has 0 unspecified atom stereocenters. The number of methoxy groups -OCH3 is 1. The van der Waals surface area contributed by atoms with Crippen LogP contribution in [0.15, 0.2) is 42.7 Å². The Balaban J connectivity index is 1.55. The van der Waals surface area contributed by atoms with Crippen LogP contribution in [0.25, 0.3) is 22.4 Å². The number of ether oxygens (including phenoxy) is 1. The van der Waals surface area contributed by atoms with Gasteiger partial charge < -0.3 is 20.1 Å². The number of anilines is 1. The average molecular weight is 421 g/mol. The van der Waals surface area contributed by atoms with Gasteiger partial charge in [0, 0.05) is 43.0 Å². The normalized spacial score (nSPS) is 18.9. The number of nitrogens with zero attached hydrogens (tertiary/aromatic N) is 5. The fourth-order valence-corrected chi connectivity index (χ4v) is 3.85. The van der Waals surface area contributed by atoms with E-state index in [1.54, 1.807) is 25.6 Å². The van der Waals surface area contributed by atoms with Crippen LogP contribution in [0.5, 0.6) is 11.6 Å². The van der Waals surface area contributed by atoms with E-state index in [1.165, 1.54) is 0 Å². The first-order chi connectivity index (χ1) is 14.9. The summed E-state index contributed by atoms with van der Waals surface area (Å²) >= 11 is 0. The van der Waals surface area contributed by atoms with Crippen molar-refractivity contribution >= 4 is 5.95 Å². The van der Waals surface area contributed by atoms with Gasteiger partial charge in [-0.2, -0.15) is 0 Å². The molecule has 3 aromatic rings. The van der Waals surface area contributed by atoms with Crippen LogP contribution in [0.1, 0.15) is 20.8 Å². The zero-order valence-electron chi connectivity index (χ0n) is 18.3. The van der Waals surface area contributed by atoms with Crippen LogP contribution in [-0.2, 0) is 0 Å². The molecule has 0 aliphatic carbocycles. The lowest BCUT2D eigenvalue weighted by Gasteiger charge is -2.39. The van der Waals surface area contributed by atoms with Crippen molar-refractivity contribution in [2.45, 2.75) is 32.9 Å². The number of benzene rings is 1. The van der Waals surface area contributed by atoms with E-state index in [1.807, 2.05) is 24.3 Å². The highest BCUT2D eigenvalue weighted by molar-refractivity contribution is 5.74. The van der Waals surface area contributed by atoms with E-state index in [0.717, 1.165) is 24.2 Å². The minimum absolute atomic E-state index is 0.118. The summed E-state index contributed by atoms with van der Waals surface area (Å²) in [5.74, 6) is 1.78. The summed E-state index contributed by atoms with van der Waals surface area (Å²) in [5.41, 5.74) is 2.88. The van der Waals surface area contributed by atoms with Crippen LogP contribution in [0.3, 0.4) is 0 Å². The third kappa shape index (κ3) is 4.59. The van der Waals surface area contributed by atoms with Crippen molar-refractivity contribution in [1.82, 2.24) is 25.5 Å². The van der Waals surface area contributed by atoms with Crippen LogP contribution in [0.2, 0.25) is 0 Å². The molecule has 31 heavy (non-hydrogen) atoms. The number of rotatable bonds is 5. The van der Waals surface area contributed by atoms with Crippen molar-refractivity contribution < 1.29 is 9.84 Å². The molecule has 1 aliphatic heterocycles. The van der Waals surface area contributed by atoms with Gasteiger partial charge in [0.2, 0.25) is 11.8 Å². The third-order valence-electron chi connectivity index (χ3n) is 5.60. The number of aromatic nitrogens is 4. The van der Waals surface area contributed by atoms with Gasteiger partial charge in [-0.05, 0) is 42.2 Å². The molecule has 0 saturated carbocycles. The van der Waals surface area contributed by atoms with E-state index in [2.05, 4.69) is 51.2 Å². The maximum absolute atomic E-state index is 10.6. The molecule has 162 valence electrons. The number of nitrogens with one attached hydrogen (secondary N) is 1. The zero-order chi connectivity index (χ0) is 22.0. The number of phenolic OH excluding ortho intramolecular Hbond substituents is 1. The predicted octanol–water partition coefficient (Wildman–Crippen LogP) is 3.14. The Morgan fingerprint density at radius 2 is 1.90 bits per heavy atom. The average Bonchev–Trinajstić information content (AvgIpc) is 2.78. The summed E-state index contributed by atoms with van der Waals surface area (Å²) in [5, 5.41) is 22.9. The van der Waals surface area contributed by atoms with Gasteiger partial charge in [-0.15, -0.1) is 10.2 Å². The van der Waals surface area contributed by atoms with Gasteiger partial charge in [0.25, 0.3) is 0 Å². The Labute approximate surface area is 182 Å². The van der Waals surface area contributed by atoms with Crippen molar-refractivity contribution in [3.05, 3.63) is 42.7 Å². The summed E-state index contributed by atoms with van der Waals surface area (Å²) in [6, 6.07) is 9.87. The summed E-state index contributed by atoms with van der Waals surface area (Å²) in [6.45, 7) is 8.27. The predicted molar refractivity (Wildman–Crippen MR) is 120 cm³/mol. The standard InChI is InChI=1S/C23H28N6O2/c1-14(2)20-13-29(12-15(3)26-20)23-25-11-19(27-28-23)18-6-5-16(9-21(18)30)17-7-8-24-22(10-17)31-4/h5-11,14-15,20,26,30H,12-13H2,1-4H3/t15-,20-/m1/s1. The molecule has 2 aromatic heterocycles. The summed E-state index contributed by atoms with van der Waals surface area (Å²) in [7, 11) is 1.58. The number of aromatic hydroxyl groups is 1. The van der Waals surface area contributed by atoms with Crippen LogP contribution >= 0.6 is 0 Å². The molecule has 0 amide bonds. The van der Waals surface area contributed by atoms with E-state index >= 15 is 0 Å². The van der Waals surface area contributed by atoms with E-state index in [-0.39, 0.29) is 5.75 Å². The summed E-state index contributed by atoms with van der Waals surface area (Å²) in [6.07, 6.45) is 3.34. The van der Waals surface area contributed by atoms with E-state index in [4.69, 9.17) is 4.74 Å². The zero-order valence-corrected chi connectivity index (χ0v) is 18.3. The molecule has 0 bridgehead atoms. The van der Waals surface area contributed by atoms with Crippen molar-refractivity contribution in [2.24, 2.45) is 5.92 Å². The Morgan fingerprint density at radius 1 is 1.10 bits per heavy atom. The van der Waals surface area contributed by atoms with Gasteiger partial charge in [0.1, 0.15) is 11.4 Å². The van der Waals surface area contributed by atoms with Crippen LogP contribution in [-0.4, -0.2) is 57.6 Å². The molecular weight excluding hydrogens is 392 g/mol. The molecule has 0 spiro atoms. The Morgan fingerprint density at radius 3 is 2.58 bits per heavy atom. The van der Waals surface area contributed by atoms with E-state index in [9.17, 15) is 5.11 Å². The Bertz CT molecular complexity index is 1040. The molecule has 2 N–H and O–H groups in total. The first-order valence-electron chi connectivity index (χ1n) is 10.5. The van der Waals surface area contributed by atoms with Gasteiger partial charge in [-0.3, -0.25) is 0 Å². The topological polar surface area (TPSA) is 96.3 Å². The fraction of sp³-hybridized carbons (Fsp3) is 0.391. The molecule has 4 rings (SSSR count). The lowest BCUT2D eigenvalue weighted by molar-refractivity contribution is 0.319. The number of hydrogen-bond acceptors (Lipinski definition) is 8. The van der Waals surface area contributed by atoms with Crippen molar-refractivity contribution in [2.75, 3.05) is 25.1 Å². The molecule has 8 nitrogen and oxygen atoms in total. The lowest BCUT2D eigenvalue weighted by atomic mass is 10.00. The molecule has 1 fully saturated rings. The monoisotopic (exact) mass is 420 g/mol. The van der Waals surface area contributed by atoms with Crippen LogP contribution in [0.4, 0.5) is 5.95 Å². The third-order valence-corrected chi connectivity index (χ3v) is 5.60. The van der Waals surface area contributed by atoms with Gasteiger partial charge in [0.05, 0.1) is 13.3 Å². The largest absolute Gasteiger partial charge is 0.507 e. The minimum Gasteiger partial charge on any atom is -0.507 e. The first kappa shape index (κ1) is 21.0. The highest BCUT2D eigenvalue weighted by Crippen LogP contribution is 2.33. The molecule has 1 saturated heterocycles. The number of hydrogen-bond donors (Lipinski definition) is 2. The molecule has 1 aliphatic rings. The van der Waals surface area contributed by atoms with Crippen LogP contribution in [0, 0.1) is 5.92 Å². The minimum atomic E-state index is 0.118. The Kier molecular flexibility index (Phi) is 5.99. The van der Waals surface area contributed by atoms with Gasteiger partial charge >= 0.3 is 0 Å². The highest BCUT2D eigenvalue weighted by Gasteiger charge is 2.27. The quantitative estimate of drug-likeness (QED) is 0.650. The van der Waals surface area contributed by atoms with E-state index in [0.29, 0.717) is 41.1 Å². The maximum atomic E-state index is 10.6. The lowest BCUT2D eigenvalue weighted by Crippen LogP contribution is -2.57. The smallest absolute Gasteiger partial charge is 0.245 e. The summed E-state index contributed by atoms with van der Waals surface area (Å²) in [4.78, 5) is 10.8. The number of pyridine rings is 1. The van der Waals surface area contributed by atoms with Gasteiger partial charge in [0.15, 0.2) is 0 Å². The Hall–Kier alpha value is -3.26. The van der Waals surface area contributed by atoms with Gasteiger partial charge in [-0.25, -0.2) is 9.97 Å². The summed E-state index contributed by atoms with van der Waals surface area (Å²) < 4.78 is 5.18. The highest BCUT2D eigenvalue weighted by atomic mass is 16.5. The second kappa shape index (κ2) is 8.85. The maximum Gasteiger partial charge on any atom is 0.245 e. The van der Waals surface area contributed by atoms with E-state index < -0.39 is 0 Å². The van der Waals surface area contributed by atoms with Gasteiger partial charge in [-0.1, -0.05) is 19.9 Å².